The van der Waals surface area contributed by atoms with Gasteiger partial charge in [-0.3, -0.25) is 9.69 Å². The summed E-state index contributed by atoms with van der Waals surface area (Å²) in [6.07, 6.45) is 10.8. The molecule has 2 aromatic heterocycles. The summed E-state index contributed by atoms with van der Waals surface area (Å²) >= 11 is 1.55. The molecule has 0 atom stereocenters. The van der Waals surface area contributed by atoms with Gasteiger partial charge < -0.3 is 5.32 Å². The summed E-state index contributed by atoms with van der Waals surface area (Å²) in [5.74, 6) is 0.814. The van der Waals surface area contributed by atoms with E-state index in [1.807, 2.05) is 47.6 Å². The zero-order valence-corrected chi connectivity index (χ0v) is 18.6. The van der Waals surface area contributed by atoms with Gasteiger partial charge in [-0.2, -0.15) is 5.10 Å². The lowest BCUT2D eigenvalue weighted by atomic mass is 10.0. The Kier molecular flexibility index (Phi) is 7.32. The first kappa shape index (κ1) is 21.5. The van der Waals surface area contributed by atoms with Crippen LogP contribution in [0.5, 0.6) is 0 Å². The smallest absolute Gasteiger partial charge is 0.225 e. The first-order valence-electron chi connectivity index (χ1n) is 10.7. The Morgan fingerprint density at radius 1 is 1.10 bits per heavy atom. The van der Waals surface area contributed by atoms with Crippen molar-refractivity contribution in [2.75, 3.05) is 24.7 Å². The van der Waals surface area contributed by atoms with E-state index in [1.165, 1.54) is 5.56 Å². The number of hydrogen-bond donors (Lipinski definition) is 1. The molecule has 0 saturated carbocycles. The Balaban J connectivity index is 1.27. The van der Waals surface area contributed by atoms with Gasteiger partial charge in [0.15, 0.2) is 5.16 Å². The molecule has 3 heterocycles. The van der Waals surface area contributed by atoms with E-state index in [9.17, 15) is 4.79 Å². The topological polar surface area (TPSA) is 75.9 Å². The van der Waals surface area contributed by atoms with E-state index in [-0.39, 0.29) is 5.91 Å². The number of carbonyl (C=O) groups excluding carboxylic acids is 1. The van der Waals surface area contributed by atoms with Crippen molar-refractivity contribution in [2.45, 2.75) is 43.4 Å². The average molecular weight is 437 g/mol. The van der Waals surface area contributed by atoms with Gasteiger partial charge in [-0.25, -0.2) is 14.6 Å². The number of nitrogens with zero attached hydrogens (tertiary/aromatic N) is 5. The summed E-state index contributed by atoms with van der Waals surface area (Å²) in [7, 11) is 0. The van der Waals surface area contributed by atoms with Gasteiger partial charge in [-0.05, 0) is 31.1 Å². The minimum atomic E-state index is 0.0247. The molecule has 1 amide bonds. The maximum absolute atomic E-state index is 12.4. The fourth-order valence-electron chi connectivity index (χ4n) is 3.92. The number of carbonyl (C=O) groups is 1. The first-order valence-corrected chi connectivity index (χ1v) is 11.9. The van der Waals surface area contributed by atoms with E-state index in [2.05, 4.69) is 37.4 Å². The van der Waals surface area contributed by atoms with E-state index in [1.54, 1.807) is 18.0 Å². The average Bonchev–Trinajstić information content (AvgIpc) is 3.27. The Bertz CT molecular complexity index is 967. The van der Waals surface area contributed by atoms with Gasteiger partial charge in [-0.1, -0.05) is 42.1 Å². The lowest BCUT2D eigenvalue weighted by Crippen LogP contribution is -2.35. The van der Waals surface area contributed by atoms with Crippen LogP contribution in [-0.2, 0) is 17.8 Å². The molecule has 7 nitrogen and oxygen atoms in total. The first-order chi connectivity index (χ1) is 15.2. The predicted octanol–water partition coefficient (Wildman–Crippen LogP) is 3.80. The second kappa shape index (κ2) is 10.5. The lowest BCUT2D eigenvalue weighted by Gasteiger charge is -2.32. The van der Waals surface area contributed by atoms with Crippen molar-refractivity contribution in [2.24, 2.45) is 0 Å². The molecule has 4 rings (SSSR count). The van der Waals surface area contributed by atoms with Gasteiger partial charge >= 0.3 is 0 Å². The van der Waals surface area contributed by atoms with E-state index < -0.39 is 0 Å². The van der Waals surface area contributed by atoms with Crippen LogP contribution in [0.2, 0.25) is 0 Å². The van der Waals surface area contributed by atoms with Crippen molar-refractivity contribution < 1.29 is 4.79 Å². The highest BCUT2D eigenvalue weighted by atomic mass is 32.2. The second-order valence-corrected chi connectivity index (χ2v) is 8.55. The quantitative estimate of drug-likeness (QED) is 0.428. The fraction of sp³-hybridized carbons (Fsp3) is 0.391. The largest absolute Gasteiger partial charge is 0.311 e. The van der Waals surface area contributed by atoms with Crippen molar-refractivity contribution in [1.82, 2.24) is 24.6 Å². The molecule has 1 saturated heterocycles. The maximum Gasteiger partial charge on any atom is 0.225 e. The van der Waals surface area contributed by atoms with Crippen molar-refractivity contribution in [3.05, 3.63) is 66.1 Å². The fourth-order valence-corrected chi connectivity index (χ4v) is 4.24. The summed E-state index contributed by atoms with van der Waals surface area (Å²) in [4.78, 5) is 23.6. The third-order valence-electron chi connectivity index (χ3n) is 5.59. The number of benzene rings is 1. The Morgan fingerprint density at radius 2 is 1.84 bits per heavy atom. The molecule has 0 bridgehead atoms. The number of amides is 1. The Labute approximate surface area is 187 Å². The number of thioether (sulfide) groups is 1. The van der Waals surface area contributed by atoms with E-state index in [0.29, 0.717) is 12.5 Å². The molecule has 8 heteroatoms. The number of likely N-dealkylation sites (tertiary alicyclic amines) is 1. The van der Waals surface area contributed by atoms with Crippen LogP contribution in [0.25, 0.3) is 0 Å². The molecule has 1 N–H and O–H groups in total. The van der Waals surface area contributed by atoms with Gasteiger partial charge in [0, 0.05) is 50.1 Å². The molecule has 31 heavy (non-hydrogen) atoms. The van der Waals surface area contributed by atoms with Gasteiger partial charge in [-0.15, -0.1) is 0 Å². The number of aromatic nitrogens is 4. The maximum atomic E-state index is 12.4. The molecule has 162 valence electrons. The highest BCUT2D eigenvalue weighted by Gasteiger charge is 2.23. The van der Waals surface area contributed by atoms with E-state index in [0.717, 1.165) is 55.4 Å². The SMILES string of the molecule is CSc1ncc(CN2CCC(n3nccc3NC(=O)CCc3ccccc3)CC2)cn1. The third kappa shape index (κ3) is 5.92. The number of aryl methyl sites for hydroxylation is 1. The molecule has 0 aliphatic carbocycles. The highest BCUT2D eigenvalue weighted by molar-refractivity contribution is 7.98. The molecule has 1 aliphatic heterocycles. The van der Waals surface area contributed by atoms with Crippen LogP contribution >= 0.6 is 11.8 Å². The second-order valence-electron chi connectivity index (χ2n) is 7.78. The van der Waals surface area contributed by atoms with Gasteiger partial charge in [0.1, 0.15) is 5.82 Å². The molecule has 0 radical (unpaired) electrons. The van der Waals surface area contributed by atoms with Crippen molar-refractivity contribution in [1.29, 1.82) is 0 Å². The summed E-state index contributed by atoms with van der Waals surface area (Å²) in [6.45, 7) is 2.83. The minimum Gasteiger partial charge on any atom is -0.311 e. The van der Waals surface area contributed by atoms with E-state index in [4.69, 9.17) is 0 Å². The van der Waals surface area contributed by atoms with Gasteiger partial charge in [0.2, 0.25) is 5.91 Å². The van der Waals surface area contributed by atoms with E-state index >= 15 is 0 Å². The molecule has 1 aromatic carbocycles. The van der Waals surface area contributed by atoms with Crippen molar-refractivity contribution >= 4 is 23.5 Å². The van der Waals surface area contributed by atoms with Crippen LogP contribution in [0, 0.1) is 0 Å². The van der Waals surface area contributed by atoms with Gasteiger partial charge in [0.05, 0.1) is 12.2 Å². The summed E-state index contributed by atoms with van der Waals surface area (Å²) in [5.41, 5.74) is 2.31. The Morgan fingerprint density at radius 3 is 2.55 bits per heavy atom. The summed E-state index contributed by atoms with van der Waals surface area (Å²) in [6, 6.07) is 12.3. The summed E-state index contributed by atoms with van der Waals surface area (Å²) < 4.78 is 1.98. The normalized spacial score (nSPS) is 15.1. The number of rotatable bonds is 8. The lowest BCUT2D eigenvalue weighted by molar-refractivity contribution is -0.116. The molecular formula is C23H28N6OS. The van der Waals surface area contributed by atoms with Crippen LogP contribution in [0.1, 0.15) is 36.4 Å². The zero-order chi connectivity index (χ0) is 21.5. The standard InChI is InChI=1S/C23H28N6OS/c1-31-23-24-15-19(16-25-23)17-28-13-10-20(11-14-28)29-21(9-12-26-29)27-22(30)8-7-18-5-3-2-4-6-18/h2-6,9,12,15-16,20H,7-8,10-11,13-14,17H2,1H3,(H,27,30). The molecule has 1 fully saturated rings. The van der Waals surface area contributed by atoms with Crippen LogP contribution < -0.4 is 5.32 Å². The molecular weight excluding hydrogens is 408 g/mol. The van der Waals surface area contributed by atoms with Crippen molar-refractivity contribution in [3.63, 3.8) is 0 Å². The highest BCUT2D eigenvalue weighted by Crippen LogP contribution is 2.26. The molecule has 0 unspecified atom stereocenters. The van der Waals surface area contributed by atoms with Crippen LogP contribution in [0.4, 0.5) is 5.82 Å². The molecule has 3 aromatic rings. The molecule has 0 spiro atoms. The molecule has 1 aliphatic rings. The zero-order valence-electron chi connectivity index (χ0n) is 17.8. The summed E-state index contributed by atoms with van der Waals surface area (Å²) in [5, 5.41) is 8.35. The van der Waals surface area contributed by atoms with Crippen LogP contribution in [0.3, 0.4) is 0 Å². The number of nitrogens with one attached hydrogen (secondary N) is 1. The van der Waals surface area contributed by atoms with Crippen LogP contribution in [-0.4, -0.2) is 49.9 Å². The Hall–Kier alpha value is -2.71. The van der Waals surface area contributed by atoms with Crippen LogP contribution in [0.15, 0.2) is 60.1 Å². The number of hydrogen-bond acceptors (Lipinski definition) is 6. The minimum absolute atomic E-state index is 0.0247. The van der Waals surface area contributed by atoms with Gasteiger partial charge in [0.25, 0.3) is 0 Å². The third-order valence-corrected chi connectivity index (χ3v) is 6.17. The predicted molar refractivity (Wildman–Crippen MR) is 123 cm³/mol. The van der Waals surface area contributed by atoms with Crippen molar-refractivity contribution in [3.8, 4) is 0 Å². The number of anilines is 1. The monoisotopic (exact) mass is 436 g/mol. The number of piperidine rings is 1.